The molecular weight excluding hydrogens is 232 g/mol. The number of esters is 1. The first-order chi connectivity index (χ1) is 8.51. The van der Waals surface area contributed by atoms with E-state index in [1.165, 1.54) is 4.90 Å². The van der Waals surface area contributed by atoms with Crippen molar-refractivity contribution in [1.82, 2.24) is 4.90 Å². The number of carbonyl (C=O) groups is 2. The Morgan fingerprint density at radius 2 is 1.78 bits per heavy atom. The molecule has 0 radical (unpaired) electrons. The molecule has 102 valence electrons. The van der Waals surface area contributed by atoms with Gasteiger partial charge in [-0.05, 0) is 26.7 Å². The SMILES string of the molecule is CCOC(=O)CN(CC)C(=O)C(C#N)(CC)CC. The van der Waals surface area contributed by atoms with Crippen LogP contribution in [-0.4, -0.2) is 36.5 Å². The molecule has 0 aromatic rings. The van der Waals surface area contributed by atoms with Crippen LogP contribution in [0.15, 0.2) is 0 Å². The Morgan fingerprint density at radius 1 is 1.22 bits per heavy atom. The Bertz CT molecular complexity index is 330. The van der Waals surface area contributed by atoms with Crippen LogP contribution in [0.2, 0.25) is 0 Å². The molecule has 0 aromatic heterocycles. The van der Waals surface area contributed by atoms with Crippen LogP contribution in [-0.2, 0) is 14.3 Å². The molecule has 18 heavy (non-hydrogen) atoms. The molecular formula is C13H22N2O3. The number of likely N-dealkylation sites (N-methyl/N-ethyl adjacent to an activating group) is 1. The summed E-state index contributed by atoms with van der Waals surface area (Å²) in [6.07, 6.45) is 0.885. The van der Waals surface area contributed by atoms with Crippen molar-refractivity contribution in [2.24, 2.45) is 5.41 Å². The lowest BCUT2D eigenvalue weighted by Gasteiger charge is -2.29. The van der Waals surface area contributed by atoms with Crippen molar-refractivity contribution < 1.29 is 14.3 Å². The van der Waals surface area contributed by atoms with Gasteiger partial charge in [-0.3, -0.25) is 9.59 Å². The maximum atomic E-state index is 12.3. The smallest absolute Gasteiger partial charge is 0.325 e. The minimum atomic E-state index is -1.03. The fraction of sp³-hybridized carbons (Fsp3) is 0.769. The molecule has 1 amide bonds. The molecule has 0 rings (SSSR count). The summed E-state index contributed by atoms with van der Waals surface area (Å²) in [5.74, 6) is -0.725. The molecule has 0 N–H and O–H groups in total. The molecule has 0 spiro atoms. The Balaban J connectivity index is 4.90. The highest BCUT2D eigenvalue weighted by molar-refractivity contribution is 5.88. The van der Waals surface area contributed by atoms with Crippen molar-refractivity contribution in [3.63, 3.8) is 0 Å². The van der Waals surface area contributed by atoms with E-state index in [0.717, 1.165) is 0 Å². The summed E-state index contributed by atoms with van der Waals surface area (Å²) in [4.78, 5) is 25.1. The van der Waals surface area contributed by atoms with Crippen LogP contribution >= 0.6 is 0 Å². The summed E-state index contributed by atoms with van der Waals surface area (Å²) in [6, 6.07) is 2.09. The zero-order chi connectivity index (χ0) is 14.2. The zero-order valence-corrected chi connectivity index (χ0v) is 11.7. The summed E-state index contributed by atoms with van der Waals surface area (Å²) in [7, 11) is 0. The molecule has 0 saturated carbocycles. The predicted molar refractivity (Wildman–Crippen MR) is 67.5 cm³/mol. The molecule has 0 saturated heterocycles. The van der Waals surface area contributed by atoms with E-state index in [4.69, 9.17) is 4.74 Å². The van der Waals surface area contributed by atoms with Gasteiger partial charge in [0.1, 0.15) is 12.0 Å². The molecule has 0 fully saturated rings. The standard InChI is InChI=1S/C13H22N2O3/c1-5-13(6-2,10-14)12(17)15(7-3)9-11(16)18-8-4/h5-9H2,1-4H3. The molecule has 0 heterocycles. The average molecular weight is 254 g/mol. The highest BCUT2D eigenvalue weighted by Gasteiger charge is 2.38. The van der Waals surface area contributed by atoms with Crippen molar-refractivity contribution in [1.29, 1.82) is 5.26 Å². The third-order valence-electron chi connectivity index (χ3n) is 3.12. The van der Waals surface area contributed by atoms with E-state index >= 15 is 0 Å². The van der Waals surface area contributed by atoms with Gasteiger partial charge in [-0.25, -0.2) is 0 Å². The molecule has 0 bridgehead atoms. The Morgan fingerprint density at radius 3 is 2.11 bits per heavy atom. The molecule has 0 aromatic carbocycles. The first-order valence-electron chi connectivity index (χ1n) is 6.37. The van der Waals surface area contributed by atoms with Crippen molar-refractivity contribution in [3.05, 3.63) is 0 Å². The Kier molecular flexibility index (Phi) is 7.03. The first kappa shape index (κ1) is 16.4. The van der Waals surface area contributed by atoms with Crippen LogP contribution in [0.5, 0.6) is 0 Å². The maximum absolute atomic E-state index is 12.3. The number of hydrogen-bond acceptors (Lipinski definition) is 4. The van der Waals surface area contributed by atoms with Crippen molar-refractivity contribution in [3.8, 4) is 6.07 Å². The second-order valence-electron chi connectivity index (χ2n) is 4.03. The van der Waals surface area contributed by atoms with E-state index in [9.17, 15) is 14.9 Å². The first-order valence-corrected chi connectivity index (χ1v) is 6.37. The zero-order valence-electron chi connectivity index (χ0n) is 11.7. The van der Waals surface area contributed by atoms with Crippen molar-refractivity contribution >= 4 is 11.9 Å². The van der Waals surface area contributed by atoms with Crippen molar-refractivity contribution in [2.45, 2.75) is 40.5 Å². The third-order valence-corrected chi connectivity index (χ3v) is 3.12. The molecule has 5 nitrogen and oxygen atoms in total. The molecule has 0 aliphatic carbocycles. The molecule has 0 atom stereocenters. The van der Waals surface area contributed by atoms with Gasteiger partial charge in [0.2, 0.25) is 5.91 Å². The van der Waals surface area contributed by atoms with Gasteiger partial charge in [0.25, 0.3) is 0 Å². The van der Waals surface area contributed by atoms with Crippen LogP contribution < -0.4 is 0 Å². The van der Waals surface area contributed by atoms with Gasteiger partial charge in [-0.1, -0.05) is 13.8 Å². The van der Waals surface area contributed by atoms with E-state index < -0.39 is 11.4 Å². The van der Waals surface area contributed by atoms with E-state index in [1.807, 2.05) is 13.8 Å². The second kappa shape index (κ2) is 7.70. The van der Waals surface area contributed by atoms with Gasteiger partial charge in [0.05, 0.1) is 12.7 Å². The summed E-state index contributed by atoms with van der Waals surface area (Å²) >= 11 is 0. The Labute approximate surface area is 109 Å². The Hall–Kier alpha value is -1.57. The van der Waals surface area contributed by atoms with Gasteiger partial charge in [0.15, 0.2) is 0 Å². The fourth-order valence-electron chi connectivity index (χ4n) is 1.75. The molecule has 0 aliphatic rings. The molecule has 5 heteroatoms. The van der Waals surface area contributed by atoms with Crippen LogP contribution in [0.1, 0.15) is 40.5 Å². The second-order valence-corrected chi connectivity index (χ2v) is 4.03. The normalized spacial score (nSPS) is 10.6. The van der Waals surface area contributed by atoms with E-state index in [2.05, 4.69) is 6.07 Å². The van der Waals surface area contributed by atoms with Crippen LogP contribution in [0.3, 0.4) is 0 Å². The maximum Gasteiger partial charge on any atom is 0.325 e. The molecule has 0 unspecified atom stereocenters. The van der Waals surface area contributed by atoms with E-state index in [-0.39, 0.29) is 19.1 Å². The van der Waals surface area contributed by atoms with Crippen LogP contribution in [0.4, 0.5) is 0 Å². The lowest BCUT2D eigenvalue weighted by Crippen LogP contribution is -2.45. The number of nitriles is 1. The van der Waals surface area contributed by atoms with Crippen molar-refractivity contribution in [2.75, 3.05) is 19.7 Å². The van der Waals surface area contributed by atoms with Crippen LogP contribution in [0.25, 0.3) is 0 Å². The van der Waals surface area contributed by atoms with Crippen LogP contribution in [0, 0.1) is 16.7 Å². The number of ether oxygens (including phenoxy) is 1. The summed E-state index contributed by atoms with van der Waals surface area (Å²) in [5, 5.41) is 9.22. The lowest BCUT2D eigenvalue weighted by atomic mass is 9.82. The summed E-state index contributed by atoms with van der Waals surface area (Å²) < 4.78 is 4.82. The minimum absolute atomic E-state index is 0.0907. The highest BCUT2D eigenvalue weighted by Crippen LogP contribution is 2.28. The number of carbonyl (C=O) groups excluding carboxylic acids is 2. The van der Waals surface area contributed by atoms with E-state index in [1.54, 1.807) is 13.8 Å². The lowest BCUT2D eigenvalue weighted by molar-refractivity contribution is -0.151. The third kappa shape index (κ3) is 3.73. The number of rotatable bonds is 7. The van der Waals surface area contributed by atoms with Gasteiger partial charge in [-0.15, -0.1) is 0 Å². The fourth-order valence-corrected chi connectivity index (χ4v) is 1.75. The highest BCUT2D eigenvalue weighted by atomic mass is 16.5. The molecule has 0 aliphatic heterocycles. The summed E-state index contributed by atoms with van der Waals surface area (Å²) in [5.41, 5.74) is -1.03. The van der Waals surface area contributed by atoms with E-state index in [0.29, 0.717) is 19.4 Å². The van der Waals surface area contributed by atoms with Gasteiger partial charge >= 0.3 is 5.97 Å². The number of amides is 1. The number of hydrogen-bond donors (Lipinski definition) is 0. The number of nitrogens with zero attached hydrogens (tertiary/aromatic N) is 2. The average Bonchev–Trinajstić information content (AvgIpc) is 2.38. The largest absolute Gasteiger partial charge is 0.465 e. The predicted octanol–water partition coefficient (Wildman–Crippen LogP) is 1.73. The van der Waals surface area contributed by atoms with Gasteiger partial charge < -0.3 is 9.64 Å². The monoisotopic (exact) mass is 254 g/mol. The quantitative estimate of drug-likeness (QED) is 0.649. The summed E-state index contributed by atoms with van der Waals surface area (Å²) in [6.45, 7) is 7.70. The van der Waals surface area contributed by atoms with Gasteiger partial charge in [-0.2, -0.15) is 5.26 Å². The van der Waals surface area contributed by atoms with Gasteiger partial charge in [0, 0.05) is 6.54 Å². The minimum Gasteiger partial charge on any atom is -0.465 e. The topological polar surface area (TPSA) is 70.4 Å².